The summed E-state index contributed by atoms with van der Waals surface area (Å²) >= 11 is 0. The molecule has 1 saturated heterocycles. The lowest BCUT2D eigenvalue weighted by atomic mass is 10.1. The van der Waals surface area contributed by atoms with Gasteiger partial charge in [0.1, 0.15) is 11.7 Å². The Labute approximate surface area is 152 Å². The van der Waals surface area contributed by atoms with Crippen molar-refractivity contribution in [2.24, 2.45) is 0 Å². The second-order valence-electron chi connectivity index (χ2n) is 6.62. The van der Waals surface area contributed by atoms with E-state index in [0.717, 1.165) is 11.4 Å². The summed E-state index contributed by atoms with van der Waals surface area (Å²) in [5.74, 6) is -0.173. The molecule has 2 amide bonds. The van der Waals surface area contributed by atoms with Gasteiger partial charge in [-0.25, -0.2) is 0 Å². The summed E-state index contributed by atoms with van der Waals surface area (Å²) in [6.07, 6.45) is 1.68. The third-order valence-electron chi connectivity index (χ3n) is 4.42. The summed E-state index contributed by atoms with van der Waals surface area (Å²) in [4.78, 5) is 31.3. The van der Waals surface area contributed by atoms with Crippen LogP contribution in [0.1, 0.15) is 41.6 Å². The number of carbonyl (C=O) groups is 2. The topological polar surface area (TPSA) is 103 Å². The van der Waals surface area contributed by atoms with Crippen molar-refractivity contribution in [3.05, 3.63) is 47.5 Å². The van der Waals surface area contributed by atoms with Crippen molar-refractivity contribution in [1.82, 2.24) is 30.7 Å². The van der Waals surface area contributed by atoms with Crippen LogP contribution in [0.15, 0.2) is 30.5 Å². The Balaban J connectivity index is 1.68. The minimum absolute atomic E-state index is 0.198. The smallest absolute Gasteiger partial charge is 0.275 e. The molecule has 0 bridgehead atoms. The van der Waals surface area contributed by atoms with Gasteiger partial charge in [-0.2, -0.15) is 5.10 Å². The number of hydrogen-bond donors (Lipinski definition) is 3. The van der Waals surface area contributed by atoms with E-state index in [1.165, 1.54) is 0 Å². The molecule has 0 aliphatic carbocycles. The minimum Gasteiger partial charge on any atom is -0.349 e. The van der Waals surface area contributed by atoms with Crippen LogP contribution in [0.25, 0.3) is 0 Å². The van der Waals surface area contributed by atoms with Crippen molar-refractivity contribution in [3.63, 3.8) is 0 Å². The molecule has 1 atom stereocenters. The number of aromatic amines is 1. The first kappa shape index (κ1) is 18.1. The number of rotatable bonds is 5. The summed E-state index contributed by atoms with van der Waals surface area (Å²) in [5.41, 5.74) is 2.02. The Hall–Kier alpha value is -2.74. The van der Waals surface area contributed by atoms with Crippen LogP contribution >= 0.6 is 0 Å². The Kier molecular flexibility index (Phi) is 5.62. The predicted octanol–water partition coefficient (Wildman–Crippen LogP) is 0.659. The molecule has 3 N–H and O–H groups in total. The van der Waals surface area contributed by atoms with Crippen LogP contribution in [-0.2, 0) is 11.3 Å². The van der Waals surface area contributed by atoms with E-state index in [2.05, 4.69) is 25.8 Å². The van der Waals surface area contributed by atoms with Crippen molar-refractivity contribution in [2.45, 2.75) is 32.4 Å². The monoisotopic (exact) mass is 356 g/mol. The molecule has 1 fully saturated rings. The molecule has 3 heterocycles. The number of nitrogens with one attached hydrogen (secondary N) is 3. The van der Waals surface area contributed by atoms with Crippen molar-refractivity contribution in [3.8, 4) is 0 Å². The molecule has 138 valence electrons. The number of nitrogens with zero attached hydrogens (tertiary/aromatic N) is 3. The van der Waals surface area contributed by atoms with Crippen LogP contribution in [0.3, 0.4) is 0 Å². The van der Waals surface area contributed by atoms with Crippen molar-refractivity contribution in [1.29, 1.82) is 0 Å². The van der Waals surface area contributed by atoms with Gasteiger partial charge in [-0.1, -0.05) is 19.9 Å². The zero-order chi connectivity index (χ0) is 18.5. The van der Waals surface area contributed by atoms with Crippen molar-refractivity contribution >= 4 is 11.8 Å². The molecule has 26 heavy (non-hydrogen) atoms. The number of pyridine rings is 1. The molecule has 0 unspecified atom stereocenters. The molecule has 0 aromatic carbocycles. The Morgan fingerprint density at radius 3 is 2.92 bits per heavy atom. The van der Waals surface area contributed by atoms with E-state index < -0.39 is 6.04 Å². The fraction of sp³-hybridized carbons (Fsp3) is 0.444. The van der Waals surface area contributed by atoms with Crippen LogP contribution in [0.4, 0.5) is 0 Å². The Morgan fingerprint density at radius 2 is 2.23 bits per heavy atom. The first-order valence-electron chi connectivity index (χ1n) is 8.81. The molecule has 2 aromatic heterocycles. The maximum absolute atomic E-state index is 12.8. The fourth-order valence-corrected chi connectivity index (χ4v) is 2.87. The van der Waals surface area contributed by atoms with Crippen LogP contribution in [0.2, 0.25) is 0 Å². The van der Waals surface area contributed by atoms with Gasteiger partial charge in [0.25, 0.3) is 5.91 Å². The first-order chi connectivity index (χ1) is 12.6. The van der Waals surface area contributed by atoms with Crippen molar-refractivity contribution in [2.75, 3.05) is 19.6 Å². The van der Waals surface area contributed by atoms with Gasteiger partial charge in [-0.3, -0.25) is 19.7 Å². The molecular formula is C18H24N6O2. The highest BCUT2D eigenvalue weighted by Crippen LogP contribution is 2.15. The van der Waals surface area contributed by atoms with Gasteiger partial charge in [0.05, 0.1) is 12.2 Å². The van der Waals surface area contributed by atoms with Gasteiger partial charge in [0.15, 0.2) is 0 Å². The molecule has 8 heteroatoms. The second kappa shape index (κ2) is 8.09. The van der Waals surface area contributed by atoms with Crippen LogP contribution in [0.5, 0.6) is 0 Å². The van der Waals surface area contributed by atoms with Gasteiger partial charge in [0, 0.05) is 31.5 Å². The average Bonchev–Trinajstić information content (AvgIpc) is 3.17. The van der Waals surface area contributed by atoms with Gasteiger partial charge < -0.3 is 15.5 Å². The standard InChI is InChI=1S/C18H24N6O2/c1-12(2)14-9-15(23-22-14)18(26)24-8-7-19-11-16(24)17(25)21-10-13-5-3-4-6-20-13/h3-6,9,12,16,19H,7-8,10-11H2,1-2H3,(H,21,25)(H,22,23)/t16-/m0/s1. The molecule has 0 saturated carbocycles. The Bertz CT molecular complexity index is 758. The summed E-state index contributed by atoms with van der Waals surface area (Å²) in [6, 6.07) is 6.74. The molecule has 3 rings (SSSR count). The first-order valence-corrected chi connectivity index (χ1v) is 8.81. The van der Waals surface area contributed by atoms with Gasteiger partial charge in [-0.15, -0.1) is 0 Å². The summed E-state index contributed by atoms with van der Waals surface area (Å²) in [6.45, 7) is 5.92. The number of piperazine rings is 1. The lowest BCUT2D eigenvalue weighted by molar-refractivity contribution is -0.126. The molecule has 1 aliphatic rings. The molecule has 2 aromatic rings. The van der Waals surface area contributed by atoms with E-state index in [0.29, 0.717) is 31.9 Å². The number of H-pyrrole nitrogens is 1. The minimum atomic E-state index is -0.570. The highest BCUT2D eigenvalue weighted by molar-refractivity contribution is 5.96. The largest absolute Gasteiger partial charge is 0.349 e. The zero-order valence-corrected chi connectivity index (χ0v) is 15.0. The average molecular weight is 356 g/mol. The van der Waals surface area contributed by atoms with E-state index in [4.69, 9.17) is 0 Å². The quantitative estimate of drug-likeness (QED) is 0.730. The second-order valence-corrected chi connectivity index (χ2v) is 6.62. The molecular weight excluding hydrogens is 332 g/mol. The van der Waals surface area contributed by atoms with E-state index in [-0.39, 0.29) is 17.7 Å². The molecule has 0 spiro atoms. The lowest BCUT2D eigenvalue weighted by Gasteiger charge is -2.34. The predicted molar refractivity (Wildman–Crippen MR) is 96.5 cm³/mol. The number of hydrogen-bond acceptors (Lipinski definition) is 5. The third kappa shape index (κ3) is 4.08. The van der Waals surface area contributed by atoms with E-state index in [1.54, 1.807) is 17.2 Å². The highest BCUT2D eigenvalue weighted by atomic mass is 16.2. The summed E-state index contributed by atoms with van der Waals surface area (Å²) in [7, 11) is 0. The number of aromatic nitrogens is 3. The fourth-order valence-electron chi connectivity index (χ4n) is 2.87. The normalized spacial score (nSPS) is 17.3. The SMILES string of the molecule is CC(C)c1cc(C(=O)N2CCNC[C@H]2C(=O)NCc2ccccn2)n[nH]1. The van der Waals surface area contributed by atoms with Crippen LogP contribution < -0.4 is 10.6 Å². The third-order valence-corrected chi connectivity index (χ3v) is 4.42. The zero-order valence-electron chi connectivity index (χ0n) is 15.0. The summed E-state index contributed by atoms with van der Waals surface area (Å²) < 4.78 is 0. The van der Waals surface area contributed by atoms with Crippen LogP contribution in [-0.4, -0.2) is 57.6 Å². The molecule has 1 aliphatic heterocycles. The van der Waals surface area contributed by atoms with E-state index >= 15 is 0 Å². The Morgan fingerprint density at radius 1 is 1.38 bits per heavy atom. The molecule has 8 nitrogen and oxygen atoms in total. The lowest BCUT2D eigenvalue weighted by Crippen LogP contribution is -2.59. The van der Waals surface area contributed by atoms with Gasteiger partial charge in [0.2, 0.25) is 5.91 Å². The van der Waals surface area contributed by atoms with Crippen molar-refractivity contribution < 1.29 is 9.59 Å². The molecule has 0 radical (unpaired) electrons. The highest BCUT2D eigenvalue weighted by Gasteiger charge is 2.33. The maximum Gasteiger partial charge on any atom is 0.275 e. The van der Waals surface area contributed by atoms with Gasteiger partial charge >= 0.3 is 0 Å². The van der Waals surface area contributed by atoms with Gasteiger partial charge in [-0.05, 0) is 24.1 Å². The number of amides is 2. The number of carbonyl (C=O) groups excluding carboxylic acids is 2. The maximum atomic E-state index is 12.8. The van der Waals surface area contributed by atoms with E-state index in [1.807, 2.05) is 32.0 Å². The van der Waals surface area contributed by atoms with E-state index in [9.17, 15) is 9.59 Å². The summed E-state index contributed by atoms with van der Waals surface area (Å²) in [5, 5.41) is 13.1. The van der Waals surface area contributed by atoms with Crippen LogP contribution in [0, 0.1) is 0 Å².